The number of benzene rings is 1. The molecule has 0 aliphatic carbocycles. The normalized spacial score (nSPS) is 10.9. The van der Waals surface area contributed by atoms with E-state index < -0.39 is 0 Å². The quantitative estimate of drug-likeness (QED) is 0.842. The largest absolute Gasteiger partial charge is 0.385 e. The lowest BCUT2D eigenvalue weighted by Crippen LogP contribution is -2.18. The number of anilines is 1. The van der Waals surface area contributed by atoms with Gasteiger partial charge >= 0.3 is 0 Å². The number of hydrogen-bond donors (Lipinski definition) is 1. The molecule has 1 N–H and O–H groups in total. The molecule has 112 valence electrons. The molecule has 21 heavy (non-hydrogen) atoms. The molecule has 1 heterocycles. The Bertz CT molecular complexity index is 571. The summed E-state index contributed by atoms with van der Waals surface area (Å²) >= 11 is 0. The van der Waals surface area contributed by atoms with E-state index in [2.05, 4.69) is 28.2 Å². The number of nitrogens with one attached hydrogen (secondary N) is 1. The minimum absolute atomic E-state index is 0.190. The lowest BCUT2D eigenvalue weighted by atomic mass is 10.2. The van der Waals surface area contributed by atoms with Gasteiger partial charge in [0.2, 0.25) is 0 Å². The summed E-state index contributed by atoms with van der Waals surface area (Å²) in [5.74, 6) is -0.190. The summed E-state index contributed by atoms with van der Waals surface area (Å²) in [7, 11) is 2.01. The molecule has 0 bridgehead atoms. The van der Waals surface area contributed by atoms with Crippen molar-refractivity contribution in [3.63, 3.8) is 0 Å². The maximum atomic E-state index is 13.2. The Balaban J connectivity index is 1.94. The molecule has 0 atom stereocenters. The van der Waals surface area contributed by atoms with Gasteiger partial charge in [-0.05, 0) is 43.3 Å². The average Bonchev–Trinajstić information content (AvgIpc) is 2.45. The van der Waals surface area contributed by atoms with Gasteiger partial charge in [-0.2, -0.15) is 0 Å². The summed E-state index contributed by atoms with van der Waals surface area (Å²) in [6, 6.07) is 10.8. The molecule has 0 fully saturated rings. The summed E-state index contributed by atoms with van der Waals surface area (Å²) in [6.45, 7) is 4.54. The second-order valence-electron chi connectivity index (χ2n) is 5.26. The Morgan fingerprint density at radius 2 is 2.05 bits per heavy atom. The molecule has 0 amide bonds. The van der Waals surface area contributed by atoms with Crippen LogP contribution in [-0.4, -0.2) is 23.5 Å². The molecule has 1 aromatic heterocycles. The van der Waals surface area contributed by atoms with Crippen molar-refractivity contribution in [1.82, 2.24) is 9.88 Å². The fourth-order valence-corrected chi connectivity index (χ4v) is 2.22. The topological polar surface area (TPSA) is 28.2 Å². The summed E-state index contributed by atoms with van der Waals surface area (Å²) in [5, 5.41) is 3.36. The van der Waals surface area contributed by atoms with E-state index in [-0.39, 0.29) is 5.82 Å². The number of pyridine rings is 1. The molecule has 0 unspecified atom stereocenters. The first-order valence-corrected chi connectivity index (χ1v) is 7.29. The average molecular weight is 287 g/mol. The van der Waals surface area contributed by atoms with Crippen LogP contribution in [0, 0.1) is 5.82 Å². The van der Waals surface area contributed by atoms with E-state index in [1.807, 2.05) is 25.4 Å². The zero-order valence-corrected chi connectivity index (χ0v) is 12.6. The molecule has 2 rings (SSSR count). The SMILES string of the molecule is CCCNc1ccnc(CN(C)Cc2cccc(F)c2)c1. The molecule has 0 aliphatic rings. The number of halogens is 1. The summed E-state index contributed by atoms with van der Waals surface area (Å²) in [6.07, 6.45) is 2.92. The van der Waals surface area contributed by atoms with Gasteiger partial charge in [0.1, 0.15) is 5.82 Å². The van der Waals surface area contributed by atoms with Gasteiger partial charge in [-0.25, -0.2) is 4.39 Å². The summed E-state index contributed by atoms with van der Waals surface area (Å²) < 4.78 is 13.2. The Morgan fingerprint density at radius 3 is 2.81 bits per heavy atom. The van der Waals surface area contributed by atoms with Gasteiger partial charge < -0.3 is 5.32 Å². The third kappa shape index (κ3) is 5.16. The molecule has 0 saturated carbocycles. The second kappa shape index (κ2) is 7.74. The lowest BCUT2D eigenvalue weighted by molar-refractivity contribution is 0.314. The first kappa shape index (κ1) is 15.4. The van der Waals surface area contributed by atoms with Crippen molar-refractivity contribution in [2.24, 2.45) is 0 Å². The number of nitrogens with zero attached hydrogens (tertiary/aromatic N) is 2. The van der Waals surface area contributed by atoms with Gasteiger partial charge in [0, 0.05) is 31.5 Å². The fourth-order valence-electron chi connectivity index (χ4n) is 2.22. The molecule has 2 aromatic rings. The van der Waals surface area contributed by atoms with Gasteiger partial charge in [0.15, 0.2) is 0 Å². The van der Waals surface area contributed by atoms with Gasteiger partial charge in [-0.3, -0.25) is 9.88 Å². The van der Waals surface area contributed by atoms with E-state index in [9.17, 15) is 4.39 Å². The van der Waals surface area contributed by atoms with Crippen LogP contribution >= 0.6 is 0 Å². The van der Waals surface area contributed by atoms with E-state index in [4.69, 9.17) is 0 Å². The van der Waals surface area contributed by atoms with Crippen LogP contribution in [0.2, 0.25) is 0 Å². The molecule has 0 radical (unpaired) electrons. The summed E-state index contributed by atoms with van der Waals surface area (Å²) in [4.78, 5) is 6.52. The minimum atomic E-state index is -0.190. The van der Waals surface area contributed by atoms with Crippen LogP contribution in [0.5, 0.6) is 0 Å². The number of rotatable bonds is 7. The predicted molar refractivity (Wildman–Crippen MR) is 84.6 cm³/mol. The second-order valence-corrected chi connectivity index (χ2v) is 5.26. The molecule has 0 saturated heterocycles. The van der Waals surface area contributed by atoms with Crippen molar-refractivity contribution < 1.29 is 4.39 Å². The van der Waals surface area contributed by atoms with E-state index in [0.717, 1.165) is 36.5 Å². The third-order valence-electron chi connectivity index (χ3n) is 3.17. The highest BCUT2D eigenvalue weighted by Gasteiger charge is 2.04. The van der Waals surface area contributed by atoms with Gasteiger partial charge in [-0.1, -0.05) is 19.1 Å². The van der Waals surface area contributed by atoms with Crippen molar-refractivity contribution in [3.05, 3.63) is 59.7 Å². The molecular weight excluding hydrogens is 265 g/mol. The van der Waals surface area contributed by atoms with Crippen LogP contribution in [-0.2, 0) is 13.1 Å². The number of aromatic nitrogens is 1. The van der Waals surface area contributed by atoms with Crippen molar-refractivity contribution in [2.75, 3.05) is 18.9 Å². The first-order chi connectivity index (χ1) is 10.2. The van der Waals surface area contributed by atoms with Gasteiger partial charge in [0.05, 0.1) is 5.69 Å². The Hall–Kier alpha value is -1.94. The minimum Gasteiger partial charge on any atom is -0.385 e. The highest BCUT2D eigenvalue weighted by atomic mass is 19.1. The van der Waals surface area contributed by atoms with Crippen LogP contribution in [0.1, 0.15) is 24.6 Å². The molecule has 4 heteroatoms. The molecular formula is C17H22FN3. The predicted octanol–water partition coefficient (Wildman–Crippen LogP) is 3.67. The Kier molecular flexibility index (Phi) is 5.69. The molecule has 1 aromatic carbocycles. The highest BCUT2D eigenvalue weighted by molar-refractivity contribution is 5.43. The molecule has 3 nitrogen and oxygen atoms in total. The lowest BCUT2D eigenvalue weighted by Gasteiger charge is -2.17. The standard InChI is InChI=1S/C17H22FN3/c1-3-8-19-16-7-9-20-17(11-16)13-21(2)12-14-5-4-6-15(18)10-14/h4-7,9-11H,3,8,12-13H2,1-2H3,(H,19,20). The van der Waals surface area contributed by atoms with Crippen LogP contribution in [0.4, 0.5) is 10.1 Å². The van der Waals surface area contributed by atoms with Crippen molar-refractivity contribution >= 4 is 5.69 Å². The summed E-state index contributed by atoms with van der Waals surface area (Å²) in [5.41, 5.74) is 3.08. The molecule has 0 aliphatic heterocycles. The van der Waals surface area contributed by atoms with E-state index >= 15 is 0 Å². The van der Waals surface area contributed by atoms with Gasteiger partial charge in [0.25, 0.3) is 0 Å². The maximum absolute atomic E-state index is 13.2. The van der Waals surface area contributed by atoms with Crippen LogP contribution in [0.15, 0.2) is 42.6 Å². The monoisotopic (exact) mass is 287 g/mol. The Morgan fingerprint density at radius 1 is 1.19 bits per heavy atom. The number of hydrogen-bond acceptors (Lipinski definition) is 3. The van der Waals surface area contributed by atoms with Crippen LogP contribution in [0.25, 0.3) is 0 Å². The van der Waals surface area contributed by atoms with Crippen molar-refractivity contribution in [2.45, 2.75) is 26.4 Å². The van der Waals surface area contributed by atoms with Crippen LogP contribution < -0.4 is 5.32 Å². The molecule has 0 spiro atoms. The smallest absolute Gasteiger partial charge is 0.123 e. The fraction of sp³-hybridized carbons (Fsp3) is 0.353. The van der Waals surface area contributed by atoms with E-state index in [0.29, 0.717) is 6.54 Å². The van der Waals surface area contributed by atoms with E-state index in [1.165, 1.54) is 6.07 Å². The third-order valence-corrected chi connectivity index (χ3v) is 3.17. The first-order valence-electron chi connectivity index (χ1n) is 7.29. The van der Waals surface area contributed by atoms with Gasteiger partial charge in [-0.15, -0.1) is 0 Å². The van der Waals surface area contributed by atoms with Crippen molar-refractivity contribution in [1.29, 1.82) is 0 Å². The highest BCUT2D eigenvalue weighted by Crippen LogP contribution is 2.12. The van der Waals surface area contributed by atoms with Crippen LogP contribution in [0.3, 0.4) is 0 Å². The maximum Gasteiger partial charge on any atom is 0.123 e. The zero-order valence-electron chi connectivity index (χ0n) is 12.6. The van der Waals surface area contributed by atoms with E-state index in [1.54, 1.807) is 12.1 Å². The Labute approximate surface area is 125 Å². The zero-order chi connectivity index (χ0) is 15.1. The van der Waals surface area contributed by atoms with Crippen molar-refractivity contribution in [3.8, 4) is 0 Å².